The molecule has 0 spiro atoms. The summed E-state index contributed by atoms with van der Waals surface area (Å²) in [5.74, 6) is 0. The molecule has 0 bridgehead atoms. The van der Waals surface area contributed by atoms with Gasteiger partial charge in [-0.2, -0.15) is 0 Å². The number of urea groups is 1. The van der Waals surface area contributed by atoms with Gasteiger partial charge in [0.2, 0.25) is 0 Å². The van der Waals surface area contributed by atoms with E-state index in [1.54, 1.807) is 23.1 Å². The van der Waals surface area contributed by atoms with E-state index in [9.17, 15) is 4.79 Å². The van der Waals surface area contributed by atoms with Crippen molar-refractivity contribution < 1.29 is 4.79 Å². The Morgan fingerprint density at radius 3 is 2.33 bits per heavy atom. The molecule has 0 atom stereocenters. The molecule has 1 N–H and O–H groups in total. The van der Waals surface area contributed by atoms with Crippen molar-refractivity contribution in [2.45, 2.75) is 6.54 Å². The first-order valence-corrected chi connectivity index (χ1v) is 8.41. The Bertz CT molecular complexity index is 677. The van der Waals surface area contributed by atoms with Gasteiger partial charge in [0, 0.05) is 25.3 Å². The van der Waals surface area contributed by atoms with E-state index in [4.69, 9.17) is 23.2 Å². The topological polar surface area (TPSA) is 35.6 Å². The summed E-state index contributed by atoms with van der Waals surface area (Å²) in [5.41, 5.74) is 1.71. The maximum absolute atomic E-state index is 12.6. The van der Waals surface area contributed by atoms with E-state index in [0.717, 1.165) is 12.1 Å². The monoisotopic (exact) mass is 365 g/mol. The van der Waals surface area contributed by atoms with Crippen LogP contribution < -0.4 is 5.32 Å². The summed E-state index contributed by atoms with van der Waals surface area (Å²) in [6, 6.07) is 14.8. The molecule has 0 unspecified atom stereocenters. The second-order valence-corrected chi connectivity index (χ2v) is 6.58. The highest BCUT2D eigenvalue weighted by molar-refractivity contribution is 6.42. The summed E-state index contributed by atoms with van der Waals surface area (Å²) in [4.78, 5) is 16.5. The molecule has 0 radical (unpaired) electrons. The van der Waals surface area contributed by atoms with Gasteiger partial charge >= 0.3 is 6.03 Å². The summed E-state index contributed by atoms with van der Waals surface area (Å²) in [6.45, 7) is 1.94. The minimum Gasteiger partial charge on any atom is -0.319 e. The van der Waals surface area contributed by atoms with Gasteiger partial charge in [0.15, 0.2) is 0 Å². The van der Waals surface area contributed by atoms with E-state index >= 15 is 0 Å². The first-order valence-electron chi connectivity index (χ1n) is 7.65. The normalized spacial score (nSPS) is 10.7. The van der Waals surface area contributed by atoms with Crippen LogP contribution in [0.4, 0.5) is 10.5 Å². The number of rotatable bonds is 6. The zero-order valence-corrected chi connectivity index (χ0v) is 15.3. The molecule has 0 saturated carbocycles. The molecule has 2 aromatic carbocycles. The number of amides is 2. The lowest BCUT2D eigenvalue weighted by atomic mass is 10.2. The molecule has 0 heterocycles. The van der Waals surface area contributed by atoms with Crippen molar-refractivity contribution >= 4 is 34.9 Å². The van der Waals surface area contributed by atoms with E-state index in [2.05, 4.69) is 5.32 Å². The minimum absolute atomic E-state index is 0.168. The standard InChI is InChI=1S/C18H21Cl2N3O/c1-22(2)10-11-23(13-14-6-4-3-5-7-14)18(24)21-15-8-9-16(19)17(20)12-15/h3-9,12H,10-11,13H2,1-2H3,(H,21,24). The van der Waals surface area contributed by atoms with Crippen molar-refractivity contribution in [2.24, 2.45) is 0 Å². The van der Waals surface area contributed by atoms with E-state index in [0.29, 0.717) is 28.8 Å². The van der Waals surface area contributed by atoms with Crippen LogP contribution in [-0.4, -0.2) is 43.0 Å². The highest BCUT2D eigenvalue weighted by Crippen LogP contribution is 2.25. The van der Waals surface area contributed by atoms with Crippen molar-refractivity contribution in [2.75, 3.05) is 32.5 Å². The van der Waals surface area contributed by atoms with Crippen LogP contribution in [0.2, 0.25) is 10.0 Å². The molecule has 4 nitrogen and oxygen atoms in total. The third kappa shape index (κ3) is 5.71. The second-order valence-electron chi connectivity index (χ2n) is 5.77. The fraction of sp³-hybridized carbons (Fsp3) is 0.278. The molecule has 0 saturated heterocycles. The average molecular weight is 366 g/mol. The van der Waals surface area contributed by atoms with Crippen LogP contribution in [0.25, 0.3) is 0 Å². The maximum atomic E-state index is 12.6. The number of anilines is 1. The van der Waals surface area contributed by atoms with Crippen molar-refractivity contribution in [1.82, 2.24) is 9.80 Å². The predicted molar refractivity (Wildman–Crippen MR) is 101 cm³/mol. The molecule has 0 aliphatic carbocycles. The van der Waals surface area contributed by atoms with E-state index in [-0.39, 0.29) is 6.03 Å². The molecular weight excluding hydrogens is 345 g/mol. The summed E-state index contributed by atoms with van der Waals surface area (Å²) in [7, 11) is 3.97. The number of hydrogen-bond acceptors (Lipinski definition) is 2. The highest BCUT2D eigenvalue weighted by Gasteiger charge is 2.15. The number of hydrogen-bond donors (Lipinski definition) is 1. The van der Waals surface area contributed by atoms with Crippen molar-refractivity contribution in [1.29, 1.82) is 0 Å². The average Bonchev–Trinajstić information content (AvgIpc) is 2.55. The first kappa shape index (κ1) is 18.6. The van der Waals surface area contributed by atoms with Gasteiger partial charge in [0.1, 0.15) is 0 Å². The SMILES string of the molecule is CN(C)CCN(Cc1ccccc1)C(=O)Nc1ccc(Cl)c(Cl)c1. The third-order valence-corrected chi connectivity index (χ3v) is 4.23. The van der Waals surface area contributed by atoms with E-state index < -0.39 is 0 Å². The first-order chi connectivity index (χ1) is 11.5. The number of halogens is 2. The molecule has 0 aliphatic heterocycles. The summed E-state index contributed by atoms with van der Waals surface area (Å²) < 4.78 is 0. The Hall–Kier alpha value is -1.75. The van der Waals surface area contributed by atoms with Crippen LogP contribution in [0, 0.1) is 0 Å². The lowest BCUT2D eigenvalue weighted by Gasteiger charge is -2.25. The highest BCUT2D eigenvalue weighted by atomic mass is 35.5. The van der Waals surface area contributed by atoms with Gasteiger partial charge in [-0.1, -0.05) is 53.5 Å². The van der Waals surface area contributed by atoms with Crippen molar-refractivity contribution in [3.05, 3.63) is 64.1 Å². The molecule has 0 fully saturated rings. The van der Waals surface area contributed by atoms with E-state index in [1.807, 2.05) is 49.3 Å². The molecule has 2 rings (SSSR count). The Balaban J connectivity index is 2.09. The van der Waals surface area contributed by atoms with Crippen LogP contribution in [0.1, 0.15) is 5.56 Å². The van der Waals surface area contributed by atoms with Crippen molar-refractivity contribution in [3.8, 4) is 0 Å². The Labute approximate surface area is 153 Å². The minimum atomic E-state index is -0.168. The van der Waals surface area contributed by atoms with Gasteiger partial charge < -0.3 is 15.1 Å². The Morgan fingerprint density at radius 2 is 1.71 bits per heavy atom. The van der Waals surface area contributed by atoms with Gasteiger partial charge in [-0.05, 0) is 37.9 Å². The summed E-state index contributed by atoms with van der Waals surface area (Å²) in [6.07, 6.45) is 0. The number of nitrogens with zero attached hydrogens (tertiary/aromatic N) is 2. The molecule has 128 valence electrons. The third-order valence-electron chi connectivity index (χ3n) is 3.49. The molecule has 2 amide bonds. The van der Waals surface area contributed by atoms with Gasteiger partial charge in [0.05, 0.1) is 10.0 Å². The lowest BCUT2D eigenvalue weighted by molar-refractivity contribution is 0.202. The zero-order chi connectivity index (χ0) is 17.5. The van der Waals surface area contributed by atoms with Gasteiger partial charge in [-0.3, -0.25) is 0 Å². The quantitative estimate of drug-likeness (QED) is 0.812. The van der Waals surface area contributed by atoms with Crippen LogP contribution in [-0.2, 0) is 6.54 Å². The maximum Gasteiger partial charge on any atom is 0.322 e. The molecule has 0 aliphatic rings. The van der Waals surface area contributed by atoms with Crippen molar-refractivity contribution in [3.63, 3.8) is 0 Å². The Morgan fingerprint density at radius 1 is 1.00 bits per heavy atom. The number of benzene rings is 2. The van der Waals surface area contributed by atoms with Crippen LogP contribution in [0.15, 0.2) is 48.5 Å². The summed E-state index contributed by atoms with van der Waals surface area (Å²) in [5, 5.41) is 3.76. The number of carbonyl (C=O) groups excluding carboxylic acids is 1. The second kappa shape index (κ2) is 8.92. The molecule has 6 heteroatoms. The van der Waals surface area contributed by atoms with Gasteiger partial charge in [-0.25, -0.2) is 4.79 Å². The number of carbonyl (C=O) groups is 1. The molecule has 2 aromatic rings. The lowest BCUT2D eigenvalue weighted by Crippen LogP contribution is -2.39. The van der Waals surface area contributed by atoms with Gasteiger partial charge in [0.25, 0.3) is 0 Å². The number of nitrogens with one attached hydrogen (secondary N) is 1. The summed E-state index contributed by atoms with van der Waals surface area (Å²) >= 11 is 11.9. The fourth-order valence-electron chi connectivity index (χ4n) is 2.15. The molecule has 24 heavy (non-hydrogen) atoms. The Kier molecular flexibility index (Phi) is 6.91. The van der Waals surface area contributed by atoms with E-state index in [1.165, 1.54) is 0 Å². The largest absolute Gasteiger partial charge is 0.322 e. The van der Waals surface area contributed by atoms with Crippen LogP contribution in [0.5, 0.6) is 0 Å². The number of likely N-dealkylation sites (N-methyl/N-ethyl adjacent to an activating group) is 1. The fourth-order valence-corrected chi connectivity index (χ4v) is 2.45. The molecule has 0 aromatic heterocycles. The van der Waals surface area contributed by atoms with Crippen LogP contribution in [0.3, 0.4) is 0 Å². The van der Waals surface area contributed by atoms with Crippen LogP contribution >= 0.6 is 23.2 Å². The predicted octanol–water partition coefficient (Wildman–Crippen LogP) is 4.59. The smallest absolute Gasteiger partial charge is 0.319 e. The zero-order valence-electron chi connectivity index (χ0n) is 13.8. The van der Waals surface area contributed by atoms with Gasteiger partial charge in [-0.15, -0.1) is 0 Å². The molecular formula is C18H21Cl2N3O.